The molecule has 1 aromatic rings. The summed E-state index contributed by atoms with van der Waals surface area (Å²) in [6.07, 6.45) is 0. The van der Waals surface area contributed by atoms with Crippen molar-refractivity contribution in [2.24, 2.45) is 5.14 Å². The van der Waals surface area contributed by atoms with Crippen molar-refractivity contribution in [3.8, 4) is 0 Å². The summed E-state index contributed by atoms with van der Waals surface area (Å²) >= 11 is 0. The van der Waals surface area contributed by atoms with Gasteiger partial charge in [0, 0.05) is 12.6 Å². The zero-order valence-electron chi connectivity index (χ0n) is 13.0. The molecule has 0 saturated heterocycles. The van der Waals surface area contributed by atoms with Crippen LogP contribution in [0.15, 0.2) is 34.1 Å². The number of likely N-dealkylation sites (N-methyl/N-ethyl adjacent to an activating group) is 1. The summed E-state index contributed by atoms with van der Waals surface area (Å²) < 4.78 is 49.6. The number of nitrogens with two attached hydrogens (primary N) is 1. The van der Waals surface area contributed by atoms with Crippen LogP contribution < -0.4 is 9.86 Å². The molecule has 1 unspecified atom stereocenters. The maximum absolute atomic E-state index is 12.2. The van der Waals surface area contributed by atoms with Crippen molar-refractivity contribution < 1.29 is 16.8 Å². The zero-order valence-corrected chi connectivity index (χ0v) is 14.6. The Morgan fingerprint density at radius 2 is 1.68 bits per heavy atom. The summed E-state index contributed by atoms with van der Waals surface area (Å²) in [6, 6.07) is 5.03. The highest BCUT2D eigenvalue weighted by Gasteiger charge is 2.19. The monoisotopic (exact) mass is 349 g/mol. The van der Waals surface area contributed by atoms with Crippen LogP contribution in [0.25, 0.3) is 0 Å². The average Bonchev–Trinajstić information content (AvgIpc) is 2.46. The predicted molar refractivity (Wildman–Crippen MR) is 85.4 cm³/mol. The van der Waals surface area contributed by atoms with Crippen molar-refractivity contribution in [3.63, 3.8) is 0 Å². The molecule has 0 saturated carbocycles. The topological polar surface area (TPSA) is 110 Å². The Balaban J connectivity index is 2.92. The normalized spacial score (nSPS) is 14.2. The van der Waals surface area contributed by atoms with Gasteiger partial charge in [-0.3, -0.25) is 4.90 Å². The second-order valence-electron chi connectivity index (χ2n) is 4.94. The number of nitrogens with one attached hydrogen (secondary N) is 1. The summed E-state index contributed by atoms with van der Waals surface area (Å²) in [5.74, 6) is 0. The van der Waals surface area contributed by atoms with Gasteiger partial charge in [-0.15, -0.1) is 0 Å². The Morgan fingerprint density at radius 1 is 1.14 bits per heavy atom. The van der Waals surface area contributed by atoms with Crippen LogP contribution in [-0.2, 0) is 20.0 Å². The molecule has 0 fully saturated rings. The van der Waals surface area contributed by atoms with E-state index in [9.17, 15) is 16.8 Å². The first-order valence-electron chi connectivity index (χ1n) is 6.98. The van der Waals surface area contributed by atoms with Gasteiger partial charge >= 0.3 is 0 Å². The smallest absolute Gasteiger partial charge is 0.240 e. The van der Waals surface area contributed by atoms with Gasteiger partial charge in [0.1, 0.15) is 0 Å². The Bertz CT molecular complexity index is 698. The molecule has 126 valence electrons. The van der Waals surface area contributed by atoms with E-state index in [1.165, 1.54) is 18.2 Å². The molecule has 0 heterocycles. The van der Waals surface area contributed by atoms with E-state index in [1.807, 2.05) is 20.8 Å². The van der Waals surface area contributed by atoms with Crippen LogP contribution in [0.1, 0.15) is 20.8 Å². The molecule has 0 radical (unpaired) electrons. The lowest BCUT2D eigenvalue weighted by molar-refractivity contribution is 0.232. The lowest BCUT2D eigenvalue weighted by Gasteiger charge is -2.26. The van der Waals surface area contributed by atoms with Crippen molar-refractivity contribution in [3.05, 3.63) is 24.3 Å². The molecule has 0 aliphatic rings. The first-order valence-corrected chi connectivity index (χ1v) is 10.0. The minimum absolute atomic E-state index is 0.0335. The zero-order chi connectivity index (χ0) is 17.0. The molecule has 0 aliphatic carbocycles. The SMILES string of the molecule is CCN(CC)C(C)CNS(=O)(=O)c1cccc(S(N)(=O)=O)c1. The van der Waals surface area contributed by atoms with Gasteiger partial charge in [0.15, 0.2) is 0 Å². The Morgan fingerprint density at radius 3 is 2.18 bits per heavy atom. The van der Waals surface area contributed by atoms with E-state index in [-0.39, 0.29) is 22.4 Å². The molecule has 0 aliphatic heterocycles. The molecule has 0 bridgehead atoms. The molecule has 0 aromatic heterocycles. The second-order valence-corrected chi connectivity index (χ2v) is 8.27. The standard InChI is InChI=1S/C13H23N3O4S2/c1-4-16(5-2)11(3)10-15-22(19,20)13-8-6-7-12(9-13)21(14,17)18/h6-9,11,15H,4-5,10H2,1-3H3,(H2,14,17,18). The first-order chi connectivity index (χ1) is 10.1. The predicted octanol–water partition coefficient (Wildman–Crippen LogP) is 0.343. The number of rotatable bonds is 8. The van der Waals surface area contributed by atoms with Crippen molar-refractivity contribution in [2.45, 2.75) is 36.6 Å². The third kappa shape index (κ3) is 5.03. The van der Waals surface area contributed by atoms with Gasteiger partial charge in [0.05, 0.1) is 9.79 Å². The summed E-state index contributed by atoms with van der Waals surface area (Å²) in [6.45, 7) is 7.81. The van der Waals surface area contributed by atoms with E-state index < -0.39 is 20.0 Å². The van der Waals surface area contributed by atoms with Gasteiger partial charge in [-0.1, -0.05) is 19.9 Å². The van der Waals surface area contributed by atoms with E-state index in [0.29, 0.717) is 0 Å². The molecule has 0 spiro atoms. The Hall–Kier alpha value is -1.00. The number of hydrogen-bond donors (Lipinski definition) is 2. The van der Waals surface area contributed by atoms with Crippen LogP contribution in [0.4, 0.5) is 0 Å². The Labute approximate surface area is 132 Å². The van der Waals surface area contributed by atoms with Gasteiger partial charge in [-0.2, -0.15) is 0 Å². The van der Waals surface area contributed by atoms with E-state index in [4.69, 9.17) is 5.14 Å². The van der Waals surface area contributed by atoms with Crippen LogP contribution >= 0.6 is 0 Å². The molecule has 0 amide bonds. The van der Waals surface area contributed by atoms with Crippen LogP contribution in [-0.4, -0.2) is 47.4 Å². The fourth-order valence-electron chi connectivity index (χ4n) is 2.11. The molecule has 1 atom stereocenters. The second kappa shape index (κ2) is 7.51. The third-order valence-electron chi connectivity index (χ3n) is 3.45. The fraction of sp³-hybridized carbons (Fsp3) is 0.538. The van der Waals surface area contributed by atoms with Crippen molar-refractivity contribution in [1.29, 1.82) is 0 Å². The maximum atomic E-state index is 12.2. The highest BCUT2D eigenvalue weighted by Crippen LogP contribution is 2.14. The minimum Gasteiger partial charge on any atom is -0.300 e. The highest BCUT2D eigenvalue weighted by atomic mass is 32.2. The number of sulfonamides is 2. The number of hydrogen-bond acceptors (Lipinski definition) is 5. The van der Waals surface area contributed by atoms with Gasteiger partial charge in [-0.05, 0) is 38.2 Å². The summed E-state index contributed by atoms with van der Waals surface area (Å²) in [7, 11) is -7.72. The summed E-state index contributed by atoms with van der Waals surface area (Å²) in [5, 5.41) is 5.02. The van der Waals surface area contributed by atoms with Gasteiger partial charge < -0.3 is 0 Å². The lowest BCUT2D eigenvalue weighted by Crippen LogP contribution is -2.41. The van der Waals surface area contributed by atoms with Gasteiger partial charge in [0.2, 0.25) is 20.0 Å². The molecule has 1 rings (SSSR count). The number of nitrogens with zero attached hydrogens (tertiary/aromatic N) is 1. The molecule has 9 heteroatoms. The summed E-state index contributed by atoms with van der Waals surface area (Å²) in [5.41, 5.74) is 0. The maximum Gasteiger partial charge on any atom is 0.240 e. The molecule has 7 nitrogen and oxygen atoms in total. The Kier molecular flexibility index (Phi) is 6.50. The van der Waals surface area contributed by atoms with Crippen molar-refractivity contribution in [1.82, 2.24) is 9.62 Å². The average molecular weight is 349 g/mol. The summed E-state index contributed by atoms with van der Waals surface area (Å²) in [4.78, 5) is 1.77. The van der Waals surface area contributed by atoms with Gasteiger partial charge in [-0.25, -0.2) is 26.7 Å². The first kappa shape index (κ1) is 19.0. The van der Waals surface area contributed by atoms with E-state index in [2.05, 4.69) is 9.62 Å². The third-order valence-corrected chi connectivity index (χ3v) is 5.78. The number of primary sulfonamides is 1. The largest absolute Gasteiger partial charge is 0.300 e. The van der Waals surface area contributed by atoms with Crippen LogP contribution in [0.2, 0.25) is 0 Å². The molecule has 3 N–H and O–H groups in total. The quantitative estimate of drug-likeness (QED) is 0.703. The van der Waals surface area contributed by atoms with Crippen molar-refractivity contribution >= 4 is 20.0 Å². The number of benzene rings is 1. The van der Waals surface area contributed by atoms with Crippen LogP contribution in [0.3, 0.4) is 0 Å². The minimum atomic E-state index is -3.94. The molecular formula is C13H23N3O4S2. The lowest BCUT2D eigenvalue weighted by atomic mass is 10.3. The molecular weight excluding hydrogens is 326 g/mol. The van der Waals surface area contributed by atoms with E-state index in [0.717, 1.165) is 19.2 Å². The fourth-order valence-corrected chi connectivity index (χ4v) is 3.91. The van der Waals surface area contributed by atoms with Crippen LogP contribution in [0, 0.1) is 0 Å². The van der Waals surface area contributed by atoms with Crippen LogP contribution in [0.5, 0.6) is 0 Å². The van der Waals surface area contributed by atoms with Crippen molar-refractivity contribution in [2.75, 3.05) is 19.6 Å². The molecule has 22 heavy (non-hydrogen) atoms. The highest BCUT2D eigenvalue weighted by molar-refractivity contribution is 7.90. The molecule has 1 aromatic carbocycles. The van der Waals surface area contributed by atoms with E-state index >= 15 is 0 Å². The van der Waals surface area contributed by atoms with E-state index in [1.54, 1.807) is 0 Å². The van der Waals surface area contributed by atoms with Gasteiger partial charge in [0.25, 0.3) is 0 Å².